The van der Waals surface area contributed by atoms with E-state index in [-0.39, 0.29) is 0 Å². The highest BCUT2D eigenvalue weighted by Crippen LogP contribution is 2.13. The minimum absolute atomic E-state index is 0.819. The molecule has 1 heterocycles. The summed E-state index contributed by atoms with van der Waals surface area (Å²) in [6.07, 6.45) is 3.73. The van der Waals surface area contributed by atoms with Gasteiger partial charge in [0.15, 0.2) is 0 Å². The van der Waals surface area contributed by atoms with Crippen molar-refractivity contribution in [1.29, 1.82) is 0 Å². The number of aromatic nitrogens is 2. The van der Waals surface area contributed by atoms with Gasteiger partial charge < -0.3 is 5.32 Å². The lowest BCUT2D eigenvalue weighted by Gasteiger charge is -2.08. The summed E-state index contributed by atoms with van der Waals surface area (Å²) < 4.78 is 3.10. The largest absolute Gasteiger partial charge is 0.381 e. The molecule has 0 atom stereocenters. The van der Waals surface area contributed by atoms with Crippen molar-refractivity contribution < 1.29 is 0 Å². The molecule has 20 heavy (non-hydrogen) atoms. The molecule has 100 valence electrons. The molecule has 4 heteroatoms. The summed E-state index contributed by atoms with van der Waals surface area (Å²) in [5.74, 6) is 0. The fourth-order valence-electron chi connectivity index (χ4n) is 1.96. The molecule has 3 rings (SSSR count). The van der Waals surface area contributed by atoms with Crippen molar-refractivity contribution in [2.45, 2.75) is 6.54 Å². The third-order valence-corrected chi connectivity index (χ3v) is 3.77. The van der Waals surface area contributed by atoms with Gasteiger partial charge in [0.2, 0.25) is 0 Å². The summed E-state index contributed by atoms with van der Waals surface area (Å²) in [5, 5.41) is 7.63. The number of nitrogens with zero attached hydrogens (tertiary/aromatic N) is 2. The second kappa shape index (κ2) is 6.09. The van der Waals surface area contributed by atoms with Crippen LogP contribution in [0.25, 0.3) is 5.69 Å². The Morgan fingerprint density at radius 1 is 1.00 bits per heavy atom. The van der Waals surface area contributed by atoms with Gasteiger partial charge in [0.05, 0.1) is 5.69 Å². The van der Waals surface area contributed by atoms with Gasteiger partial charge in [-0.3, -0.25) is 0 Å². The maximum absolute atomic E-state index is 4.22. The topological polar surface area (TPSA) is 29.9 Å². The van der Waals surface area contributed by atoms with Crippen molar-refractivity contribution in [3.05, 3.63) is 76.1 Å². The highest BCUT2D eigenvalue weighted by atomic mass is 127. The van der Waals surface area contributed by atoms with E-state index >= 15 is 0 Å². The molecule has 0 saturated carbocycles. The van der Waals surface area contributed by atoms with Gasteiger partial charge in [-0.15, -0.1) is 0 Å². The van der Waals surface area contributed by atoms with Crippen molar-refractivity contribution in [1.82, 2.24) is 9.78 Å². The molecule has 0 spiro atoms. The van der Waals surface area contributed by atoms with Gasteiger partial charge in [0.1, 0.15) is 0 Å². The molecular formula is C16H14IN3. The molecule has 3 aromatic rings. The first-order valence-corrected chi connectivity index (χ1v) is 7.47. The van der Waals surface area contributed by atoms with E-state index in [0.29, 0.717) is 0 Å². The first-order chi connectivity index (χ1) is 9.81. The summed E-state index contributed by atoms with van der Waals surface area (Å²) >= 11 is 2.31. The van der Waals surface area contributed by atoms with E-state index in [9.17, 15) is 0 Å². The first kappa shape index (κ1) is 13.2. The van der Waals surface area contributed by atoms with Gasteiger partial charge in [0, 0.05) is 28.2 Å². The summed E-state index contributed by atoms with van der Waals surface area (Å²) in [5.41, 5.74) is 3.47. The zero-order valence-corrected chi connectivity index (χ0v) is 13.0. The van der Waals surface area contributed by atoms with Gasteiger partial charge >= 0.3 is 0 Å². The number of rotatable bonds is 4. The molecule has 0 unspecified atom stereocenters. The van der Waals surface area contributed by atoms with Gasteiger partial charge in [-0.25, -0.2) is 4.68 Å². The lowest BCUT2D eigenvalue weighted by atomic mass is 10.2. The van der Waals surface area contributed by atoms with E-state index < -0.39 is 0 Å². The third kappa shape index (κ3) is 3.19. The Labute approximate surface area is 131 Å². The monoisotopic (exact) mass is 375 g/mol. The standard InChI is InChI=1S/C16H14IN3/c17-14-4-6-15(7-5-14)18-12-13-2-8-16(9-3-13)20-11-1-10-19-20/h1-11,18H,12H2. The average Bonchev–Trinajstić information content (AvgIpc) is 3.01. The molecule has 2 aromatic carbocycles. The number of nitrogens with one attached hydrogen (secondary N) is 1. The van der Waals surface area contributed by atoms with Crippen molar-refractivity contribution in [2.24, 2.45) is 0 Å². The van der Waals surface area contributed by atoms with Crippen LogP contribution in [0.1, 0.15) is 5.56 Å². The zero-order chi connectivity index (χ0) is 13.8. The van der Waals surface area contributed by atoms with Crippen molar-refractivity contribution in [2.75, 3.05) is 5.32 Å². The van der Waals surface area contributed by atoms with Crippen LogP contribution in [-0.4, -0.2) is 9.78 Å². The Kier molecular flexibility index (Phi) is 4.01. The molecule has 0 amide bonds. The maximum atomic E-state index is 4.22. The number of anilines is 1. The van der Waals surface area contributed by atoms with E-state index in [1.165, 1.54) is 9.13 Å². The molecular weight excluding hydrogens is 361 g/mol. The number of hydrogen-bond acceptors (Lipinski definition) is 2. The Morgan fingerprint density at radius 2 is 1.75 bits per heavy atom. The normalized spacial score (nSPS) is 10.4. The van der Waals surface area contributed by atoms with E-state index in [4.69, 9.17) is 0 Å². The molecule has 0 saturated heterocycles. The summed E-state index contributed by atoms with van der Waals surface area (Å²) in [4.78, 5) is 0. The van der Waals surface area contributed by atoms with Crippen LogP contribution in [0.15, 0.2) is 67.0 Å². The molecule has 0 radical (unpaired) electrons. The highest BCUT2D eigenvalue weighted by Gasteiger charge is 1.98. The Hall–Kier alpha value is -1.82. The van der Waals surface area contributed by atoms with Gasteiger partial charge in [-0.1, -0.05) is 12.1 Å². The second-order valence-electron chi connectivity index (χ2n) is 4.48. The van der Waals surface area contributed by atoms with E-state index in [1.54, 1.807) is 6.20 Å². The van der Waals surface area contributed by atoms with Crippen LogP contribution in [0, 0.1) is 3.57 Å². The Balaban J connectivity index is 1.65. The van der Waals surface area contributed by atoms with Crippen LogP contribution in [0.5, 0.6) is 0 Å². The van der Waals surface area contributed by atoms with Crippen molar-refractivity contribution >= 4 is 28.3 Å². The number of benzene rings is 2. The van der Waals surface area contributed by atoms with Crippen LogP contribution in [0.3, 0.4) is 0 Å². The Bertz CT molecular complexity index is 658. The molecule has 1 aromatic heterocycles. The SMILES string of the molecule is Ic1ccc(NCc2ccc(-n3cccn3)cc2)cc1. The summed E-state index contributed by atoms with van der Waals surface area (Å²) in [6.45, 7) is 0.819. The smallest absolute Gasteiger partial charge is 0.0645 e. The average molecular weight is 375 g/mol. The molecule has 0 aliphatic rings. The number of hydrogen-bond donors (Lipinski definition) is 1. The number of halogens is 1. The predicted octanol–water partition coefficient (Wildman–Crippen LogP) is 4.09. The van der Waals surface area contributed by atoms with Crippen LogP contribution < -0.4 is 5.32 Å². The minimum Gasteiger partial charge on any atom is -0.381 e. The predicted molar refractivity (Wildman–Crippen MR) is 90.0 cm³/mol. The van der Waals surface area contributed by atoms with Crippen molar-refractivity contribution in [3.63, 3.8) is 0 Å². The third-order valence-electron chi connectivity index (χ3n) is 3.05. The van der Waals surface area contributed by atoms with Crippen LogP contribution >= 0.6 is 22.6 Å². The van der Waals surface area contributed by atoms with Crippen LogP contribution in [0.2, 0.25) is 0 Å². The van der Waals surface area contributed by atoms with Gasteiger partial charge in [-0.05, 0) is 70.6 Å². The maximum Gasteiger partial charge on any atom is 0.0645 e. The summed E-state index contributed by atoms with van der Waals surface area (Å²) in [6, 6.07) is 18.7. The molecule has 0 bridgehead atoms. The molecule has 0 aliphatic carbocycles. The highest BCUT2D eigenvalue weighted by molar-refractivity contribution is 14.1. The van der Waals surface area contributed by atoms with Gasteiger partial charge in [-0.2, -0.15) is 5.10 Å². The van der Waals surface area contributed by atoms with E-state index in [2.05, 4.69) is 81.5 Å². The zero-order valence-electron chi connectivity index (χ0n) is 10.8. The van der Waals surface area contributed by atoms with E-state index in [1.807, 2.05) is 16.9 Å². The quantitative estimate of drug-likeness (QED) is 0.697. The van der Waals surface area contributed by atoms with Crippen molar-refractivity contribution in [3.8, 4) is 5.69 Å². The fourth-order valence-corrected chi connectivity index (χ4v) is 2.32. The Morgan fingerprint density at radius 3 is 2.40 bits per heavy atom. The summed E-state index contributed by atoms with van der Waals surface area (Å²) in [7, 11) is 0. The van der Waals surface area contributed by atoms with Gasteiger partial charge in [0.25, 0.3) is 0 Å². The lowest BCUT2D eigenvalue weighted by Crippen LogP contribution is -2.00. The molecule has 3 nitrogen and oxygen atoms in total. The van der Waals surface area contributed by atoms with E-state index in [0.717, 1.165) is 17.9 Å². The molecule has 1 N–H and O–H groups in total. The molecule has 0 fully saturated rings. The van der Waals surface area contributed by atoms with Crippen LogP contribution in [-0.2, 0) is 6.54 Å². The first-order valence-electron chi connectivity index (χ1n) is 6.40. The lowest BCUT2D eigenvalue weighted by molar-refractivity contribution is 0.879. The second-order valence-corrected chi connectivity index (χ2v) is 5.72. The molecule has 0 aliphatic heterocycles. The fraction of sp³-hybridized carbons (Fsp3) is 0.0625. The minimum atomic E-state index is 0.819. The van der Waals surface area contributed by atoms with Crippen LogP contribution in [0.4, 0.5) is 5.69 Å².